The van der Waals surface area contributed by atoms with Crippen LogP contribution in [0, 0.1) is 0 Å². The molecule has 0 bridgehead atoms. The van der Waals surface area contributed by atoms with E-state index in [1.165, 1.54) is 16.6 Å². The van der Waals surface area contributed by atoms with Gasteiger partial charge in [-0.1, -0.05) is 0 Å². The van der Waals surface area contributed by atoms with Crippen LogP contribution in [0.5, 0.6) is 5.88 Å². The summed E-state index contributed by atoms with van der Waals surface area (Å²) in [6.07, 6.45) is 2.05. The molecule has 1 unspecified atom stereocenters. The van der Waals surface area contributed by atoms with Gasteiger partial charge >= 0.3 is 0 Å². The largest absolute Gasteiger partial charge is 0.478 e. The van der Waals surface area contributed by atoms with Gasteiger partial charge in [-0.15, -0.1) is 0 Å². The lowest BCUT2D eigenvalue weighted by Gasteiger charge is -2.47. The molecule has 1 aromatic heterocycles. The fourth-order valence-electron chi connectivity index (χ4n) is 3.32. The molecule has 1 spiro atoms. The van der Waals surface area contributed by atoms with Crippen molar-refractivity contribution in [3.8, 4) is 5.88 Å². The van der Waals surface area contributed by atoms with Crippen LogP contribution in [0.25, 0.3) is 0 Å². The maximum absolute atomic E-state index is 13.0. The molecular formula is C16H24N2O5S. The monoisotopic (exact) mass is 356 g/mol. The molecule has 3 rings (SSSR count). The molecule has 0 N–H and O–H groups in total. The number of hydrogen-bond acceptors (Lipinski definition) is 6. The molecule has 7 nitrogen and oxygen atoms in total. The molecular weight excluding hydrogens is 332 g/mol. The Morgan fingerprint density at radius 3 is 2.71 bits per heavy atom. The molecule has 0 amide bonds. The summed E-state index contributed by atoms with van der Waals surface area (Å²) in [4.78, 5) is 4.24. The molecule has 24 heavy (non-hydrogen) atoms. The summed E-state index contributed by atoms with van der Waals surface area (Å²) in [7, 11) is -3.65. The van der Waals surface area contributed by atoms with E-state index >= 15 is 0 Å². The number of pyridine rings is 1. The van der Waals surface area contributed by atoms with E-state index in [2.05, 4.69) is 4.98 Å². The van der Waals surface area contributed by atoms with E-state index in [1.807, 2.05) is 20.8 Å². The molecule has 2 aliphatic heterocycles. The van der Waals surface area contributed by atoms with Crippen molar-refractivity contribution in [3.05, 3.63) is 18.3 Å². The van der Waals surface area contributed by atoms with Crippen LogP contribution in [0.4, 0.5) is 0 Å². The minimum Gasteiger partial charge on any atom is -0.478 e. The van der Waals surface area contributed by atoms with Gasteiger partial charge in [0.2, 0.25) is 15.9 Å². The summed E-state index contributed by atoms with van der Waals surface area (Å²) in [5.74, 6) is 0.416. The van der Waals surface area contributed by atoms with Gasteiger partial charge in [-0.2, -0.15) is 4.31 Å². The predicted octanol–water partition coefficient (Wildman–Crippen LogP) is 1.44. The van der Waals surface area contributed by atoms with Crippen LogP contribution in [0.1, 0.15) is 27.2 Å². The molecule has 2 saturated heterocycles. The van der Waals surface area contributed by atoms with Crippen LogP contribution in [0.15, 0.2) is 23.2 Å². The first-order valence-electron chi connectivity index (χ1n) is 8.13. The third-order valence-corrected chi connectivity index (χ3v) is 6.00. The Balaban J connectivity index is 1.87. The second-order valence-corrected chi connectivity index (χ2v) is 8.82. The number of ether oxygens (including phenoxy) is 3. The number of aromatic nitrogens is 1. The first-order valence-corrected chi connectivity index (χ1v) is 9.57. The molecule has 0 saturated carbocycles. The minimum atomic E-state index is -3.65. The van der Waals surface area contributed by atoms with E-state index in [4.69, 9.17) is 14.2 Å². The second kappa shape index (κ2) is 6.25. The van der Waals surface area contributed by atoms with Gasteiger partial charge in [0.1, 0.15) is 10.5 Å². The maximum Gasteiger partial charge on any atom is 0.244 e. The van der Waals surface area contributed by atoms with Gasteiger partial charge in [-0.05, 0) is 26.8 Å². The predicted molar refractivity (Wildman–Crippen MR) is 87.5 cm³/mol. The van der Waals surface area contributed by atoms with E-state index < -0.39 is 21.2 Å². The van der Waals surface area contributed by atoms with Gasteiger partial charge in [0.05, 0.1) is 25.0 Å². The summed E-state index contributed by atoms with van der Waals surface area (Å²) < 4.78 is 44.5. The summed E-state index contributed by atoms with van der Waals surface area (Å²) in [5, 5.41) is 0. The van der Waals surface area contributed by atoms with E-state index in [-0.39, 0.29) is 4.90 Å². The van der Waals surface area contributed by atoms with Crippen molar-refractivity contribution in [2.75, 3.05) is 32.9 Å². The second-order valence-electron chi connectivity index (χ2n) is 6.89. The summed E-state index contributed by atoms with van der Waals surface area (Å²) in [5.41, 5.74) is -1.13. The zero-order valence-electron chi connectivity index (χ0n) is 14.3. The Kier molecular flexibility index (Phi) is 4.59. The van der Waals surface area contributed by atoms with Crippen molar-refractivity contribution in [2.45, 2.75) is 43.3 Å². The first-order chi connectivity index (χ1) is 11.3. The van der Waals surface area contributed by atoms with E-state index in [0.717, 1.165) is 0 Å². The van der Waals surface area contributed by atoms with E-state index in [0.29, 0.717) is 45.2 Å². The molecule has 0 aliphatic carbocycles. The lowest BCUT2D eigenvalue weighted by atomic mass is 9.97. The standard InChI is InChI=1S/C16H24N2O5S/c1-4-22-14-6-5-13(9-17-14)24(19,20)18-10-15(2,3)23-16(11-18)7-8-21-12-16/h5-6,9H,4,7-8,10-12H2,1-3H3. The van der Waals surface area contributed by atoms with Crippen molar-refractivity contribution in [1.82, 2.24) is 9.29 Å². The number of nitrogens with zero attached hydrogens (tertiary/aromatic N) is 2. The third-order valence-electron chi connectivity index (χ3n) is 4.22. The molecule has 1 aromatic rings. The average Bonchev–Trinajstić information content (AvgIpc) is 2.93. The summed E-state index contributed by atoms with van der Waals surface area (Å²) in [6, 6.07) is 3.12. The number of rotatable bonds is 4. The quantitative estimate of drug-likeness (QED) is 0.812. The SMILES string of the molecule is CCOc1ccc(S(=O)(=O)N2CC(C)(C)OC3(CCOC3)C2)cn1. The van der Waals surface area contributed by atoms with Gasteiger partial charge < -0.3 is 14.2 Å². The highest BCUT2D eigenvalue weighted by molar-refractivity contribution is 7.89. The van der Waals surface area contributed by atoms with Gasteiger partial charge in [-0.3, -0.25) is 0 Å². The maximum atomic E-state index is 13.0. The van der Waals surface area contributed by atoms with Crippen molar-refractivity contribution < 1.29 is 22.6 Å². The molecule has 0 aromatic carbocycles. The Hall–Kier alpha value is -1.22. The van der Waals surface area contributed by atoms with Gasteiger partial charge in [0, 0.05) is 32.2 Å². The van der Waals surface area contributed by atoms with Crippen LogP contribution >= 0.6 is 0 Å². The Morgan fingerprint density at radius 2 is 2.12 bits per heavy atom. The van der Waals surface area contributed by atoms with Crippen molar-refractivity contribution >= 4 is 10.0 Å². The molecule has 2 fully saturated rings. The van der Waals surface area contributed by atoms with Gasteiger partial charge in [0.15, 0.2) is 0 Å². The summed E-state index contributed by atoms with van der Waals surface area (Å²) >= 11 is 0. The molecule has 3 heterocycles. The first kappa shape index (κ1) is 17.6. The van der Waals surface area contributed by atoms with Crippen LogP contribution in [-0.2, 0) is 19.5 Å². The van der Waals surface area contributed by atoms with Gasteiger partial charge in [0.25, 0.3) is 0 Å². The Labute approximate surface area is 143 Å². The topological polar surface area (TPSA) is 78.0 Å². The molecule has 2 aliphatic rings. The fraction of sp³-hybridized carbons (Fsp3) is 0.688. The zero-order valence-corrected chi connectivity index (χ0v) is 15.1. The number of hydrogen-bond donors (Lipinski definition) is 0. The fourth-order valence-corrected chi connectivity index (χ4v) is 4.93. The van der Waals surface area contributed by atoms with Crippen LogP contribution in [-0.4, -0.2) is 61.8 Å². The zero-order chi connectivity index (χ0) is 17.4. The molecule has 0 radical (unpaired) electrons. The number of sulfonamides is 1. The van der Waals surface area contributed by atoms with Gasteiger partial charge in [-0.25, -0.2) is 13.4 Å². The lowest BCUT2D eigenvalue weighted by Crippen LogP contribution is -2.61. The Morgan fingerprint density at radius 1 is 1.33 bits per heavy atom. The van der Waals surface area contributed by atoms with Crippen LogP contribution in [0.3, 0.4) is 0 Å². The summed E-state index contributed by atoms with van der Waals surface area (Å²) in [6.45, 7) is 7.76. The van der Waals surface area contributed by atoms with E-state index in [9.17, 15) is 8.42 Å². The normalized spacial score (nSPS) is 27.5. The molecule has 8 heteroatoms. The van der Waals surface area contributed by atoms with E-state index in [1.54, 1.807) is 6.07 Å². The van der Waals surface area contributed by atoms with Crippen molar-refractivity contribution in [3.63, 3.8) is 0 Å². The molecule has 1 atom stereocenters. The van der Waals surface area contributed by atoms with Crippen LogP contribution in [0.2, 0.25) is 0 Å². The number of morpholine rings is 1. The highest BCUT2D eigenvalue weighted by atomic mass is 32.2. The third kappa shape index (κ3) is 3.42. The van der Waals surface area contributed by atoms with Crippen molar-refractivity contribution in [1.29, 1.82) is 0 Å². The lowest BCUT2D eigenvalue weighted by molar-refractivity contribution is -0.180. The highest BCUT2D eigenvalue weighted by Crippen LogP contribution is 2.36. The van der Waals surface area contributed by atoms with Crippen molar-refractivity contribution in [2.24, 2.45) is 0 Å². The average molecular weight is 356 g/mol. The Bertz CT molecular complexity index is 681. The smallest absolute Gasteiger partial charge is 0.244 e. The highest BCUT2D eigenvalue weighted by Gasteiger charge is 2.49. The molecule has 134 valence electrons. The van der Waals surface area contributed by atoms with Crippen LogP contribution < -0.4 is 4.74 Å². The minimum absolute atomic E-state index is 0.165.